The number of benzene rings is 9. The lowest BCUT2D eigenvalue weighted by atomic mass is 9.98. The SMILES string of the molecule is c1ccc(-c2ccc(N(c3ccc(-c4ccc5c(c4)oc4ccccc45)cc3)c3ccc(-c4cccc5sc6ccc7c8ccccc8sc7c6c45)cc3)cc2)cc1. The maximum Gasteiger partial charge on any atom is 0.136 e. The second-order valence-electron chi connectivity index (χ2n) is 14.8. The summed E-state index contributed by atoms with van der Waals surface area (Å²) >= 11 is 3.80. The van der Waals surface area contributed by atoms with Crippen LogP contribution in [0.3, 0.4) is 0 Å². The van der Waals surface area contributed by atoms with E-state index in [4.69, 9.17) is 4.42 Å². The predicted molar refractivity (Wildman–Crippen MR) is 250 cm³/mol. The predicted octanol–water partition coefficient (Wildman–Crippen LogP) is 16.8. The number of fused-ring (bicyclic) bond motifs is 10. The Morgan fingerprint density at radius 2 is 0.879 bits per heavy atom. The molecule has 3 heterocycles. The van der Waals surface area contributed by atoms with Crippen molar-refractivity contribution in [3.63, 3.8) is 0 Å². The van der Waals surface area contributed by atoms with E-state index in [2.05, 4.69) is 193 Å². The van der Waals surface area contributed by atoms with E-state index < -0.39 is 0 Å². The number of anilines is 3. The molecular formula is C54H33NOS2. The van der Waals surface area contributed by atoms with Gasteiger partial charge < -0.3 is 9.32 Å². The Morgan fingerprint density at radius 3 is 1.64 bits per heavy atom. The highest BCUT2D eigenvalue weighted by Gasteiger charge is 2.18. The Morgan fingerprint density at radius 1 is 0.328 bits per heavy atom. The molecule has 2 nitrogen and oxygen atoms in total. The first-order valence-electron chi connectivity index (χ1n) is 19.6. The monoisotopic (exact) mass is 775 g/mol. The molecule has 9 aromatic carbocycles. The van der Waals surface area contributed by atoms with E-state index in [9.17, 15) is 0 Å². The molecule has 0 N–H and O–H groups in total. The molecule has 0 amide bonds. The van der Waals surface area contributed by atoms with Crippen molar-refractivity contribution in [2.45, 2.75) is 0 Å². The van der Waals surface area contributed by atoms with Crippen molar-refractivity contribution in [1.29, 1.82) is 0 Å². The minimum absolute atomic E-state index is 0.905. The van der Waals surface area contributed by atoms with Crippen molar-refractivity contribution in [1.82, 2.24) is 0 Å². The topological polar surface area (TPSA) is 16.4 Å². The second kappa shape index (κ2) is 13.3. The molecule has 0 spiro atoms. The van der Waals surface area contributed by atoms with Crippen molar-refractivity contribution < 1.29 is 4.42 Å². The molecule has 0 aliphatic carbocycles. The van der Waals surface area contributed by atoms with Crippen LogP contribution in [-0.2, 0) is 0 Å². The summed E-state index contributed by atoms with van der Waals surface area (Å²) in [6.45, 7) is 0. The minimum atomic E-state index is 0.905. The molecule has 3 aromatic heterocycles. The molecule has 0 atom stereocenters. The van der Waals surface area contributed by atoms with Gasteiger partial charge >= 0.3 is 0 Å². The fraction of sp³-hybridized carbons (Fsp3) is 0. The van der Waals surface area contributed by atoms with Gasteiger partial charge in [0.2, 0.25) is 0 Å². The van der Waals surface area contributed by atoms with E-state index in [1.807, 2.05) is 34.8 Å². The second-order valence-corrected chi connectivity index (χ2v) is 17.0. The normalized spacial score (nSPS) is 11.8. The minimum Gasteiger partial charge on any atom is -0.456 e. The smallest absolute Gasteiger partial charge is 0.136 e. The van der Waals surface area contributed by atoms with Gasteiger partial charge in [0.1, 0.15) is 11.2 Å². The van der Waals surface area contributed by atoms with Crippen LogP contribution in [0.4, 0.5) is 17.1 Å². The van der Waals surface area contributed by atoms with Crippen molar-refractivity contribution in [3.8, 4) is 33.4 Å². The summed E-state index contributed by atoms with van der Waals surface area (Å²) in [5.74, 6) is 0. The number of furan rings is 1. The molecule has 272 valence electrons. The van der Waals surface area contributed by atoms with Gasteiger partial charge in [0, 0.05) is 68.2 Å². The maximum atomic E-state index is 6.24. The largest absolute Gasteiger partial charge is 0.456 e. The molecule has 0 aliphatic rings. The molecular weight excluding hydrogens is 743 g/mol. The fourth-order valence-electron chi connectivity index (χ4n) is 8.70. The lowest BCUT2D eigenvalue weighted by Crippen LogP contribution is -2.09. The molecule has 0 unspecified atom stereocenters. The molecule has 0 radical (unpaired) electrons. The van der Waals surface area contributed by atoms with E-state index in [-0.39, 0.29) is 0 Å². The molecule has 0 saturated carbocycles. The van der Waals surface area contributed by atoms with Crippen LogP contribution >= 0.6 is 22.7 Å². The molecule has 0 saturated heterocycles. The number of thiophene rings is 2. The Hall–Kier alpha value is -6.98. The van der Waals surface area contributed by atoms with Gasteiger partial charge in [-0.15, -0.1) is 22.7 Å². The van der Waals surface area contributed by atoms with Gasteiger partial charge in [0.05, 0.1) is 0 Å². The van der Waals surface area contributed by atoms with Crippen LogP contribution < -0.4 is 4.90 Å². The van der Waals surface area contributed by atoms with E-state index in [1.165, 1.54) is 62.6 Å². The molecule has 0 bridgehead atoms. The third-order valence-electron chi connectivity index (χ3n) is 11.5. The molecule has 58 heavy (non-hydrogen) atoms. The van der Waals surface area contributed by atoms with Gasteiger partial charge in [-0.2, -0.15) is 0 Å². The first-order valence-corrected chi connectivity index (χ1v) is 21.2. The van der Waals surface area contributed by atoms with Crippen LogP contribution in [0.2, 0.25) is 0 Å². The van der Waals surface area contributed by atoms with Crippen LogP contribution in [0.15, 0.2) is 205 Å². The fourth-order valence-corrected chi connectivity index (χ4v) is 11.2. The summed E-state index contributed by atoms with van der Waals surface area (Å²) in [4.78, 5) is 2.35. The van der Waals surface area contributed by atoms with E-state index in [0.29, 0.717) is 0 Å². The molecule has 12 aromatic rings. The van der Waals surface area contributed by atoms with Crippen molar-refractivity contribution in [2.24, 2.45) is 0 Å². The van der Waals surface area contributed by atoms with Gasteiger partial charge in [-0.1, -0.05) is 127 Å². The highest BCUT2D eigenvalue weighted by atomic mass is 32.1. The van der Waals surface area contributed by atoms with E-state index in [0.717, 1.165) is 50.1 Å². The van der Waals surface area contributed by atoms with Crippen molar-refractivity contribution in [2.75, 3.05) is 4.90 Å². The van der Waals surface area contributed by atoms with Gasteiger partial charge in [-0.05, 0) is 106 Å². The van der Waals surface area contributed by atoms with Gasteiger partial charge in [-0.3, -0.25) is 0 Å². The van der Waals surface area contributed by atoms with Crippen LogP contribution in [0.1, 0.15) is 0 Å². The molecule has 0 aliphatic heterocycles. The molecule has 12 rings (SSSR count). The zero-order valence-electron chi connectivity index (χ0n) is 31.2. The standard InChI is InChI=1S/C54H33NOS2/c1-2-9-34(10-3-1)35-17-24-39(25-18-35)55(40-26-19-36(20-27-40)38-23-30-44-43-11-4-6-14-47(43)56-48(44)33-38)41-28-21-37(22-29-41)42-13-8-16-50-52(42)53-51(57-50)32-31-46-45-12-5-7-15-49(45)58-54(46)53/h1-33H. The maximum absolute atomic E-state index is 6.24. The number of hydrogen-bond donors (Lipinski definition) is 0. The highest BCUT2D eigenvalue weighted by Crippen LogP contribution is 2.47. The number of nitrogens with zero attached hydrogens (tertiary/aromatic N) is 1. The Balaban J connectivity index is 0.953. The third-order valence-corrected chi connectivity index (χ3v) is 13.8. The summed E-state index contributed by atoms with van der Waals surface area (Å²) in [6, 6.07) is 72.5. The average Bonchev–Trinajstić information content (AvgIpc) is 3.98. The van der Waals surface area contributed by atoms with Crippen LogP contribution in [0.5, 0.6) is 0 Å². The summed E-state index contributed by atoms with van der Waals surface area (Å²) < 4.78 is 11.6. The van der Waals surface area contributed by atoms with Crippen molar-refractivity contribution >= 4 is 102 Å². The van der Waals surface area contributed by atoms with Gasteiger partial charge in [0.15, 0.2) is 0 Å². The first-order chi connectivity index (χ1) is 28.7. The number of rotatable bonds is 6. The first kappa shape index (κ1) is 33.2. The molecule has 0 fully saturated rings. The summed E-state index contributed by atoms with van der Waals surface area (Å²) in [5.41, 5.74) is 12.3. The Bertz CT molecular complexity index is 3480. The lowest BCUT2D eigenvalue weighted by Gasteiger charge is -2.26. The number of para-hydroxylation sites is 1. The van der Waals surface area contributed by atoms with Crippen LogP contribution in [-0.4, -0.2) is 0 Å². The Kier molecular flexibility index (Phi) is 7.62. The summed E-state index contributed by atoms with van der Waals surface area (Å²) in [7, 11) is 0. The zero-order chi connectivity index (χ0) is 38.2. The van der Waals surface area contributed by atoms with Gasteiger partial charge in [0.25, 0.3) is 0 Å². The molecule has 4 heteroatoms. The van der Waals surface area contributed by atoms with Crippen molar-refractivity contribution in [3.05, 3.63) is 200 Å². The quantitative estimate of drug-likeness (QED) is 0.167. The van der Waals surface area contributed by atoms with E-state index >= 15 is 0 Å². The highest BCUT2D eigenvalue weighted by molar-refractivity contribution is 7.29. The van der Waals surface area contributed by atoms with E-state index in [1.54, 1.807) is 0 Å². The lowest BCUT2D eigenvalue weighted by molar-refractivity contribution is 0.669. The van der Waals surface area contributed by atoms with Crippen LogP contribution in [0, 0.1) is 0 Å². The summed E-state index contributed by atoms with van der Waals surface area (Å²) in [5, 5.41) is 7.68. The van der Waals surface area contributed by atoms with Crippen LogP contribution in [0.25, 0.3) is 95.7 Å². The Labute approximate surface area is 343 Å². The van der Waals surface area contributed by atoms with Gasteiger partial charge in [-0.25, -0.2) is 0 Å². The number of hydrogen-bond acceptors (Lipinski definition) is 4. The summed E-state index contributed by atoms with van der Waals surface area (Å²) in [6.07, 6.45) is 0. The average molecular weight is 776 g/mol. The zero-order valence-corrected chi connectivity index (χ0v) is 32.9. The third kappa shape index (κ3) is 5.37.